The number of benzene rings is 1. The molecule has 0 aliphatic heterocycles. The minimum Gasteiger partial charge on any atom is -0.383 e. The average Bonchev–Trinajstić information content (AvgIpc) is 2.99. The molecule has 13 heteroatoms. The van der Waals surface area contributed by atoms with Crippen molar-refractivity contribution in [2.75, 3.05) is 12.0 Å². The Bertz CT molecular complexity index is 1040. The minimum atomic E-state index is -4.73. The van der Waals surface area contributed by atoms with Crippen molar-refractivity contribution < 1.29 is 26.2 Å². The number of hydrogen-bond donors (Lipinski definition) is 1. The largest absolute Gasteiger partial charge is 0.416 e. The van der Waals surface area contributed by atoms with Gasteiger partial charge in [-0.25, -0.2) is 13.5 Å². The summed E-state index contributed by atoms with van der Waals surface area (Å²) in [5, 5.41) is 12.0. The summed E-state index contributed by atoms with van der Waals surface area (Å²) >= 11 is 11.8. The van der Waals surface area contributed by atoms with E-state index in [1.165, 1.54) is 0 Å². The molecule has 0 spiro atoms. The van der Waals surface area contributed by atoms with Gasteiger partial charge in [0.05, 0.1) is 21.2 Å². The number of nitrogens with two attached hydrogens (primary N) is 1. The zero-order chi connectivity index (χ0) is 21.2. The van der Waals surface area contributed by atoms with E-state index < -0.39 is 66.8 Å². The molecule has 2 aromatic rings. The molecule has 3 rings (SSSR count). The van der Waals surface area contributed by atoms with Gasteiger partial charge in [-0.15, -0.1) is 0 Å². The van der Waals surface area contributed by atoms with Crippen molar-refractivity contribution in [3.8, 4) is 11.8 Å². The van der Waals surface area contributed by atoms with Gasteiger partial charge in [-0.3, -0.25) is 4.21 Å². The van der Waals surface area contributed by atoms with Gasteiger partial charge >= 0.3 is 6.18 Å². The van der Waals surface area contributed by atoms with E-state index in [0.29, 0.717) is 16.8 Å². The molecule has 1 aromatic heterocycles. The van der Waals surface area contributed by atoms with Crippen LogP contribution in [-0.4, -0.2) is 26.2 Å². The smallest absolute Gasteiger partial charge is 0.383 e. The summed E-state index contributed by atoms with van der Waals surface area (Å²) in [6.07, 6.45) is -4.51. The fraction of sp³-hybridized carbons (Fsp3) is 0.333. The highest BCUT2D eigenvalue weighted by Crippen LogP contribution is 2.65. The number of nitrogens with zero attached hydrogens (tertiary/aromatic N) is 3. The lowest BCUT2D eigenvalue weighted by Crippen LogP contribution is -2.24. The van der Waals surface area contributed by atoms with Crippen molar-refractivity contribution in [3.05, 3.63) is 39.0 Å². The van der Waals surface area contributed by atoms with Crippen molar-refractivity contribution >= 4 is 39.8 Å². The van der Waals surface area contributed by atoms with Gasteiger partial charge in [0.2, 0.25) is 0 Å². The van der Waals surface area contributed by atoms with E-state index in [2.05, 4.69) is 5.10 Å². The third kappa shape index (κ3) is 2.86. The highest BCUT2D eigenvalue weighted by Gasteiger charge is 2.77. The quantitative estimate of drug-likeness (QED) is 0.696. The van der Waals surface area contributed by atoms with E-state index in [-0.39, 0.29) is 5.69 Å². The Kier molecular flexibility index (Phi) is 4.69. The molecule has 2 N–H and O–H groups in total. The van der Waals surface area contributed by atoms with Gasteiger partial charge in [0.1, 0.15) is 22.3 Å². The average molecular weight is 459 g/mol. The number of rotatable bonds is 3. The van der Waals surface area contributed by atoms with Crippen molar-refractivity contribution in [2.24, 2.45) is 0 Å². The normalized spacial score (nSPS) is 22.0. The van der Waals surface area contributed by atoms with Crippen LogP contribution in [0.3, 0.4) is 0 Å². The summed E-state index contributed by atoms with van der Waals surface area (Å²) in [5.41, 5.74) is 3.44. The molecule has 150 valence electrons. The molecule has 0 amide bonds. The molecule has 28 heavy (non-hydrogen) atoms. The Hall–Kier alpha value is -1.90. The summed E-state index contributed by atoms with van der Waals surface area (Å²) in [4.78, 5) is 0. The lowest BCUT2D eigenvalue weighted by molar-refractivity contribution is -0.137. The highest BCUT2D eigenvalue weighted by atomic mass is 35.5. The molecule has 1 aromatic carbocycles. The first kappa shape index (κ1) is 20.8. The van der Waals surface area contributed by atoms with Crippen LogP contribution in [0.5, 0.6) is 0 Å². The Morgan fingerprint density at radius 2 is 1.82 bits per heavy atom. The van der Waals surface area contributed by atoms with Crippen LogP contribution in [-0.2, 0) is 21.7 Å². The van der Waals surface area contributed by atoms with Crippen molar-refractivity contribution in [1.82, 2.24) is 9.78 Å². The zero-order valence-electron chi connectivity index (χ0n) is 13.7. The molecule has 0 radical (unpaired) electrons. The van der Waals surface area contributed by atoms with Gasteiger partial charge in [-0.2, -0.15) is 23.5 Å². The second-order valence-electron chi connectivity index (χ2n) is 6.08. The monoisotopic (exact) mass is 458 g/mol. The molecule has 1 aliphatic rings. The molecule has 0 saturated heterocycles. The van der Waals surface area contributed by atoms with E-state index in [0.717, 1.165) is 6.26 Å². The standard InChI is InChI=1S/C15H9Cl2F5N4OS/c1-28(27)13(5-14(13,18)19)10-9(4-23)25-26(12(10)24)11-7(16)2-6(3-8(11)17)15(20,21)22/h2-3H,5,24H2,1H3. The van der Waals surface area contributed by atoms with Crippen LogP contribution < -0.4 is 5.73 Å². The predicted octanol–water partition coefficient (Wildman–Crippen LogP) is 4.26. The second kappa shape index (κ2) is 6.30. The maximum atomic E-state index is 14.1. The third-order valence-electron chi connectivity index (χ3n) is 4.41. The zero-order valence-corrected chi connectivity index (χ0v) is 16.1. The van der Waals surface area contributed by atoms with E-state index in [1.54, 1.807) is 6.07 Å². The summed E-state index contributed by atoms with van der Waals surface area (Å²) in [7, 11) is -2.13. The van der Waals surface area contributed by atoms with Gasteiger partial charge in [0, 0.05) is 23.5 Å². The van der Waals surface area contributed by atoms with E-state index in [1.807, 2.05) is 0 Å². The topological polar surface area (TPSA) is 84.7 Å². The molecule has 1 saturated carbocycles. The fourth-order valence-electron chi connectivity index (χ4n) is 3.00. The lowest BCUT2D eigenvalue weighted by atomic mass is 10.1. The van der Waals surface area contributed by atoms with Crippen molar-refractivity contribution in [3.63, 3.8) is 0 Å². The first-order chi connectivity index (χ1) is 12.8. The van der Waals surface area contributed by atoms with E-state index in [9.17, 15) is 31.4 Å². The lowest BCUT2D eigenvalue weighted by Gasteiger charge is -2.15. The Morgan fingerprint density at radius 1 is 1.32 bits per heavy atom. The summed E-state index contributed by atoms with van der Waals surface area (Å²) < 4.78 is 77.4. The van der Waals surface area contributed by atoms with Crippen LogP contribution in [0.2, 0.25) is 10.0 Å². The molecule has 0 bridgehead atoms. The van der Waals surface area contributed by atoms with Crippen LogP contribution >= 0.6 is 23.2 Å². The molecule has 1 heterocycles. The van der Waals surface area contributed by atoms with Gasteiger partial charge in [-0.1, -0.05) is 23.2 Å². The molecule has 2 atom stereocenters. The fourth-order valence-corrected chi connectivity index (χ4v) is 4.95. The van der Waals surface area contributed by atoms with Crippen molar-refractivity contribution in [2.45, 2.75) is 23.3 Å². The van der Waals surface area contributed by atoms with Gasteiger partial charge < -0.3 is 5.73 Å². The van der Waals surface area contributed by atoms with Gasteiger partial charge in [0.15, 0.2) is 5.69 Å². The highest BCUT2D eigenvalue weighted by molar-refractivity contribution is 7.85. The van der Waals surface area contributed by atoms with Crippen LogP contribution in [0.15, 0.2) is 12.1 Å². The number of aromatic nitrogens is 2. The predicted molar refractivity (Wildman–Crippen MR) is 93.0 cm³/mol. The van der Waals surface area contributed by atoms with Crippen LogP contribution in [0.25, 0.3) is 5.69 Å². The van der Waals surface area contributed by atoms with Gasteiger partial charge in [-0.05, 0) is 12.1 Å². The number of halogens is 7. The number of nitrogen functional groups attached to an aromatic ring is 1. The molecular formula is C15H9Cl2F5N4OS. The minimum absolute atomic E-state index is 0.322. The van der Waals surface area contributed by atoms with Crippen molar-refractivity contribution in [1.29, 1.82) is 5.26 Å². The van der Waals surface area contributed by atoms with E-state index >= 15 is 0 Å². The molecule has 2 unspecified atom stereocenters. The second-order valence-corrected chi connectivity index (χ2v) is 8.50. The molecular weight excluding hydrogens is 450 g/mol. The number of anilines is 1. The van der Waals surface area contributed by atoms with E-state index in [4.69, 9.17) is 28.9 Å². The number of hydrogen-bond acceptors (Lipinski definition) is 4. The Balaban J connectivity index is 2.27. The molecule has 5 nitrogen and oxygen atoms in total. The first-order valence-electron chi connectivity index (χ1n) is 7.35. The molecule has 1 aliphatic carbocycles. The van der Waals surface area contributed by atoms with Crippen LogP contribution in [0.4, 0.5) is 27.8 Å². The maximum Gasteiger partial charge on any atom is 0.416 e. The molecule has 1 fully saturated rings. The SMILES string of the molecule is CS(=O)C1(c2c(C#N)nn(-c3c(Cl)cc(C(F)(F)F)cc3Cl)c2N)CC1(F)F. The number of nitriles is 1. The van der Waals surface area contributed by atoms with Crippen LogP contribution in [0, 0.1) is 11.3 Å². The van der Waals surface area contributed by atoms with Crippen LogP contribution in [0.1, 0.15) is 23.2 Å². The summed E-state index contributed by atoms with van der Waals surface area (Å²) in [5.74, 6) is -3.90. The first-order valence-corrected chi connectivity index (χ1v) is 9.66. The number of alkyl halides is 5. The van der Waals surface area contributed by atoms with Gasteiger partial charge in [0.25, 0.3) is 5.92 Å². The maximum absolute atomic E-state index is 14.1. The third-order valence-corrected chi connectivity index (χ3v) is 6.62. The Labute approximate surface area is 167 Å². The Morgan fingerprint density at radius 3 is 2.18 bits per heavy atom. The summed E-state index contributed by atoms with van der Waals surface area (Å²) in [6.45, 7) is 0. The summed E-state index contributed by atoms with van der Waals surface area (Å²) in [6, 6.07) is 2.72.